The van der Waals surface area contributed by atoms with Gasteiger partial charge in [-0.1, -0.05) is 20.8 Å². The topological polar surface area (TPSA) is 101 Å². The molecule has 0 fully saturated rings. The second kappa shape index (κ2) is 9.14. The van der Waals surface area contributed by atoms with E-state index in [0.29, 0.717) is 27.9 Å². The van der Waals surface area contributed by atoms with Gasteiger partial charge in [0.25, 0.3) is 5.56 Å². The number of hydrogen-bond donors (Lipinski definition) is 1. The summed E-state index contributed by atoms with van der Waals surface area (Å²) in [5.74, 6) is 0.677. The Balaban J connectivity index is 2.10. The molecular weight excluding hydrogens is 412 g/mol. The van der Waals surface area contributed by atoms with Crippen molar-refractivity contribution in [1.82, 2.24) is 14.8 Å². The van der Waals surface area contributed by atoms with Crippen LogP contribution in [0.5, 0.6) is 5.75 Å². The first kappa shape index (κ1) is 22.2. The minimum absolute atomic E-state index is 0.0557. The van der Waals surface area contributed by atoms with Crippen LogP contribution >= 0.6 is 11.3 Å². The van der Waals surface area contributed by atoms with E-state index in [1.54, 1.807) is 17.9 Å². The Morgan fingerprint density at radius 2 is 2.03 bits per heavy atom. The molecule has 3 rings (SSSR count). The molecule has 0 aliphatic rings. The molecule has 0 spiro atoms. The number of Topliss-reactive ketones (excluding diaryl/α,β-unsaturated/α-hetero) is 1. The van der Waals surface area contributed by atoms with E-state index < -0.39 is 5.41 Å². The fourth-order valence-electron chi connectivity index (χ4n) is 2.80. The predicted molar refractivity (Wildman–Crippen MR) is 121 cm³/mol. The molecule has 0 aliphatic heterocycles. The number of aromatic amines is 1. The van der Waals surface area contributed by atoms with Crippen LogP contribution in [0, 0.1) is 16.7 Å². The van der Waals surface area contributed by atoms with Gasteiger partial charge >= 0.3 is 0 Å². The Hall–Kier alpha value is -3.44. The van der Waals surface area contributed by atoms with E-state index in [1.807, 2.05) is 51.2 Å². The minimum Gasteiger partial charge on any atom is -0.497 e. The normalized spacial score (nSPS) is 12.7. The predicted octanol–water partition coefficient (Wildman–Crippen LogP) is 2.45. The molecule has 2 aromatic heterocycles. The van der Waals surface area contributed by atoms with Gasteiger partial charge in [0.15, 0.2) is 5.78 Å². The summed E-state index contributed by atoms with van der Waals surface area (Å²) < 4.78 is 7.91. The molecular formula is C23H24N4O3S. The summed E-state index contributed by atoms with van der Waals surface area (Å²) >= 11 is 1.23. The second-order valence-corrected chi connectivity index (χ2v) is 9.10. The van der Waals surface area contributed by atoms with E-state index in [9.17, 15) is 9.59 Å². The van der Waals surface area contributed by atoms with E-state index in [1.165, 1.54) is 17.4 Å². The Morgan fingerprint density at radius 1 is 1.32 bits per heavy atom. The number of nitrogens with zero attached hydrogens (tertiary/aromatic N) is 3. The number of hydrogen-bond acceptors (Lipinski definition) is 6. The van der Waals surface area contributed by atoms with Crippen LogP contribution in [0.15, 0.2) is 35.3 Å². The number of ether oxygens (including phenoxy) is 1. The molecule has 8 heteroatoms. The summed E-state index contributed by atoms with van der Waals surface area (Å²) in [6, 6.07) is 9.59. The number of nitrogens with one attached hydrogen (secondary N) is 1. The van der Waals surface area contributed by atoms with Gasteiger partial charge < -0.3 is 9.72 Å². The molecule has 0 saturated carbocycles. The molecule has 3 aromatic rings. The quantitative estimate of drug-likeness (QED) is 0.640. The van der Waals surface area contributed by atoms with E-state index in [2.05, 4.69) is 16.2 Å². The lowest BCUT2D eigenvalue weighted by Crippen LogP contribution is -2.22. The van der Waals surface area contributed by atoms with E-state index in [4.69, 9.17) is 10.00 Å². The van der Waals surface area contributed by atoms with Gasteiger partial charge in [0.1, 0.15) is 5.75 Å². The van der Waals surface area contributed by atoms with Gasteiger partial charge in [-0.15, -0.1) is 11.3 Å². The maximum absolute atomic E-state index is 12.5. The maximum Gasteiger partial charge on any atom is 0.266 e. The van der Waals surface area contributed by atoms with Gasteiger partial charge in [0.2, 0.25) is 0 Å². The standard InChI is InChI=1S/C23H24N4O3S/c1-23(2,3)19(28)13-20-25-22(29)18(31-20)12-16-14-27(11-5-10-24)26-21(16)15-6-8-17(30-4)9-7-15/h6-9,12-14H,5,11H2,1-4H3,(H,25,29). The largest absolute Gasteiger partial charge is 0.497 e. The first-order valence-corrected chi connectivity index (χ1v) is 10.6. The molecule has 2 heterocycles. The molecule has 0 amide bonds. The molecule has 1 aromatic carbocycles. The van der Waals surface area contributed by atoms with E-state index >= 15 is 0 Å². The van der Waals surface area contributed by atoms with Crippen molar-refractivity contribution < 1.29 is 9.53 Å². The highest BCUT2D eigenvalue weighted by Gasteiger charge is 2.18. The first-order valence-electron chi connectivity index (χ1n) is 9.77. The molecule has 0 saturated heterocycles. The summed E-state index contributed by atoms with van der Waals surface area (Å²) in [5, 5.41) is 13.5. The van der Waals surface area contributed by atoms with E-state index in [-0.39, 0.29) is 11.3 Å². The number of nitriles is 1. The van der Waals surface area contributed by atoms with Crippen LogP contribution in [0.2, 0.25) is 0 Å². The minimum atomic E-state index is -0.520. The number of ketones is 1. The zero-order chi connectivity index (χ0) is 22.6. The summed E-state index contributed by atoms with van der Waals surface area (Å²) in [6.07, 6.45) is 5.39. The number of carbonyl (C=O) groups is 1. The van der Waals surface area contributed by atoms with Crippen molar-refractivity contribution in [2.75, 3.05) is 7.11 Å². The second-order valence-electron chi connectivity index (χ2n) is 8.02. The lowest BCUT2D eigenvalue weighted by molar-refractivity contribution is -0.119. The number of thiazole rings is 1. The highest BCUT2D eigenvalue weighted by Crippen LogP contribution is 2.25. The van der Waals surface area contributed by atoms with Crippen LogP contribution in [-0.4, -0.2) is 27.7 Å². The molecule has 0 atom stereocenters. The molecule has 0 aliphatic carbocycles. The van der Waals surface area contributed by atoms with Crippen molar-refractivity contribution in [1.29, 1.82) is 5.26 Å². The SMILES string of the molecule is COc1ccc(-c2nn(CCC#N)cc2C=c2sc(=CC(=O)C(C)(C)C)[nH]c2=O)cc1. The zero-order valence-electron chi connectivity index (χ0n) is 17.9. The monoisotopic (exact) mass is 436 g/mol. The summed E-state index contributed by atoms with van der Waals surface area (Å²) in [4.78, 5) is 27.5. The van der Waals surface area contributed by atoms with E-state index in [0.717, 1.165) is 16.9 Å². The maximum atomic E-state index is 12.5. The molecule has 31 heavy (non-hydrogen) atoms. The molecule has 0 radical (unpaired) electrons. The zero-order valence-corrected chi connectivity index (χ0v) is 18.7. The Kier molecular flexibility index (Phi) is 6.56. The highest BCUT2D eigenvalue weighted by atomic mass is 32.1. The number of H-pyrrole nitrogens is 1. The number of rotatable bonds is 6. The fourth-order valence-corrected chi connectivity index (χ4v) is 3.67. The summed E-state index contributed by atoms with van der Waals surface area (Å²) in [5.41, 5.74) is 1.54. The number of aryl methyl sites for hydroxylation is 1. The average molecular weight is 437 g/mol. The Morgan fingerprint density at radius 3 is 2.65 bits per heavy atom. The average Bonchev–Trinajstić information content (AvgIpc) is 3.29. The van der Waals surface area contributed by atoms with Gasteiger partial charge in [-0.05, 0) is 30.3 Å². The van der Waals surface area contributed by atoms with Crippen molar-refractivity contribution in [3.8, 4) is 23.1 Å². The number of benzene rings is 1. The third-order valence-corrected chi connectivity index (χ3v) is 5.54. The van der Waals surface area contributed by atoms with Gasteiger partial charge in [-0.3, -0.25) is 14.3 Å². The van der Waals surface area contributed by atoms with Crippen LogP contribution in [0.1, 0.15) is 32.8 Å². The summed E-state index contributed by atoms with van der Waals surface area (Å²) in [7, 11) is 1.60. The van der Waals surface area contributed by atoms with Crippen molar-refractivity contribution in [3.63, 3.8) is 0 Å². The van der Waals surface area contributed by atoms with Crippen molar-refractivity contribution in [2.24, 2.45) is 5.41 Å². The lowest BCUT2D eigenvalue weighted by atomic mass is 9.91. The Labute approximate surface area is 183 Å². The Bertz CT molecular complexity index is 1300. The van der Waals surface area contributed by atoms with Crippen molar-refractivity contribution in [2.45, 2.75) is 33.7 Å². The molecule has 160 valence electrons. The van der Waals surface area contributed by atoms with Crippen LogP contribution in [0.3, 0.4) is 0 Å². The fraction of sp³-hybridized carbons (Fsp3) is 0.304. The number of aromatic nitrogens is 3. The van der Waals surface area contributed by atoms with Gasteiger partial charge in [0.05, 0.1) is 41.0 Å². The van der Waals surface area contributed by atoms with Crippen LogP contribution in [0.25, 0.3) is 23.4 Å². The van der Waals surface area contributed by atoms with Crippen molar-refractivity contribution in [3.05, 3.63) is 55.6 Å². The lowest BCUT2D eigenvalue weighted by Gasteiger charge is -2.12. The molecule has 0 unspecified atom stereocenters. The number of carbonyl (C=O) groups excluding carboxylic acids is 1. The molecule has 7 nitrogen and oxygen atoms in total. The van der Waals surface area contributed by atoms with Crippen LogP contribution in [-0.2, 0) is 11.3 Å². The molecule has 0 bridgehead atoms. The smallest absolute Gasteiger partial charge is 0.266 e. The van der Waals surface area contributed by atoms with Crippen LogP contribution < -0.4 is 19.5 Å². The third-order valence-electron chi connectivity index (χ3n) is 4.57. The molecule has 1 N–H and O–H groups in total. The third kappa shape index (κ3) is 5.38. The van der Waals surface area contributed by atoms with Crippen LogP contribution in [0.4, 0.5) is 0 Å². The number of methoxy groups -OCH3 is 1. The first-order chi connectivity index (χ1) is 14.7. The van der Waals surface area contributed by atoms with Crippen molar-refractivity contribution >= 4 is 29.3 Å². The highest BCUT2D eigenvalue weighted by molar-refractivity contribution is 7.07. The van der Waals surface area contributed by atoms with Gasteiger partial charge in [0, 0.05) is 28.8 Å². The van der Waals surface area contributed by atoms with Gasteiger partial charge in [-0.25, -0.2) is 0 Å². The summed E-state index contributed by atoms with van der Waals surface area (Å²) in [6.45, 7) is 5.96. The van der Waals surface area contributed by atoms with Gasteiger partial charge in [-0.2, -0.15) is 10.4 Å².